The minimum absolute atomic E-state index is 0.246. The molecule has 4 rings (SSSR count). The Bertz CT molecular complexity index is 596. The van der Waals surface area contributed by atoms with Gasteiger partial charge in [-0.1, -0.05) is 24.3 Å². The molecular formula is C14H12N4. The van der Waals surface area contributed by atoms with Crippen molar-refractivity contribution in [2.75, 3.05) is 0 Å². The fourth-order valence-corrected chi connectivity index (χ4v) is 2.76. The molecule has 2 heterocycles. The van der Waals surface area contributed by atoms with Gasteiger partial charge in [-0.3, -0.25) is 9.36 Å². The Kier molecular flexibility index (Phi) is 1.91. The molecule has 0 N–H and O–H groups in total. The lowest BCUT2D eigenvalue weighted by molar-refractivity contribution is 0.319. The molecule has 1 aromatic carbocycles. The number of hydrogen-bond acceptors (Lipinski definition) is 2. The number of hydrogen-bond donors (Lipinski definition) is 0. The lowest BCUT2D eigenvalue weighted by Gasteiger charge is -2.39. The van der Waals surface area contributed by atoms with Crippen LogP contribution in [0.2, 0.25) is 0 Å². The summed E-state index contributed by atoms with van der Waals surface area (Å²) in [4.78, 5) is 0. The Morgan fingerprint density at radius 2 is 1.22 bits per heavy atom. The van der Waals surface area contributed by atoms with Crippen LogP contribution in [0.1, 0.15) is 23.2 Å². The lowest BCUT2D eigenvalue weighted by Crippen LogP contribution is -2.35. The number of nitrogens with zero attached hydrogens (tertiary/aromatic N) is 4. The third-order valence-corrected chi connectivity index (χ3v) is 3.55. The molecular weight excluding hydrogens is 224 g/mol. The third-order valence-electron chi connectivity index (χ3n) is 3.55. The van der Waals surface area contributed by atoms with Gasteiger partial charge < -0.3 is 0 Å². The first-order valence-electron chi connectivity index (χ1n) is 6.02. The van der Waals surface area contributed by atoms with Crippen molar-refractivity contribution in [3.8, 4) is 0 Å². The Morgan fingerprint density at radius 3 is 1.61 bits per heavy atom. The van der Waals surface area contributed by atoms with Gasteiger partial charge in [0.1, 0.15) is 12.1 Å². The average Bonchev–Trinajstić information content (AvgIpc) is 3.03. The molecule has 4 nitrogen and oxygen atoms in total. The molecule has 0 radical (unpaired) electrons. The van der Waals surface area contributed by atoms with Crippen molar-refractivity contribution >= 4 is 0 Å². The third kappa shape index (κ3) is 1.20. The molecule has 0 bridgehead atoms. The van der Waals surface area contributed by atoms with E-state index in [0.29, 0.717) is 0 Å². The van der Waals surface area contributed by atoms with Crippen LogP contribution in [0.15, 0.2) is 61.2 Å². The summed E-state index contributed by atoms with van der Waals surface area (Å²) < 4.78 is 4.02. The number of fused-ring (bicyclic) bond motifs is 1. The van der Waals surface area contributed by atoms with Crippen molar-refractivity contribution in [2.24, 2.45) is 0 Å². The van der Waals surface area contributed by atoms with Crippen molar-refractivity contribution in [1.82, 2.24) is 19.6 Å². The van der Waals surface area contributed by atoms with Crippen LogP contribution in [-0.2, 0) is 0 Å². The highest BCUT2D eigenvalue weighted by Crippen LogP contribution is 2.47. The second-order valence-electron chi connectivity index (χ2n) is 4.49. The van der Waals surface area contributed by atoms with Gasteiger partial charge >= 0.3 is 0 Å². The Labute approximate surface area is 104 Å². The largest absolute Gasteiger partial charge is 0.263 e. The topological polar surface area (TPSA) is 35.6 Å². The maximum atomic E-state index is 4.37. The van der Waals surface area contributed by atoms with Gasteiger partial charge in [-0.15, -0.1) is 0 Å². The van der Waals surface area contributed by atoms with E-state index in [1.807, 2.05) is 46.3 Å². The Hall–Kier alpha value is -2.36. The summed E-state index contributed by atoms with van der Waals surface area (Å²) >= 11 is 0. The quantitative estimate of drug-likeness (QED) is 0.684. The van der Waals surface area contributed by atoms with Crippen LogP contribution in [0.5, 0.6) is 0 Å². The van der Waals surface area contributed by atoms with E-state index in [2.05, 4.69) is 34.5 Å². The van der Waals surface area contributed by atoms with E-state index >= 15 is 0 Å². The van der Waals surface area contributed by atoms with Gasteiger partial charge in [0.05, 0.1) is 0 Å². The zero-order valence-electron chi connectivity index (χ0n) is 9.72. The van der Waals surface area contributed by atoms with Crippen LogP contribution in [0.25, 0.3) is 0 Å². The van der Waals surface area contributed by atoms with Gasteiger partial charge in [0.2, 0.25) is 0 Å². The summed E-state index contributed by atoms with van der Waals surface area (Å²) in [5.74, 6) is 0. The zero-order chi connectivity index (χ0) is 11.9. The minimum atomic E-state index is 0.246. The van der Waals surface area contributed by atoms with Gasteiger partial charge in [-0.05, 0) is 23.3 Å². The Morgan fingerprint density at radius 1 is 0.722 bits per heavy atom. The van der Waals surface area contributed by atoms with Crippen LogP contribution in [0.3, 0.4) is 0 Å². The second kappa shape index (κ2) is 3.57. The van der Waals surface area contributed by atoms with Crippen molar-refractivity contribution in [2.45, 2.75) is 12.1 Å². The molecule has 4 heteroatoms. The molecule has 0 saturated heterocycles. The fraction of sp³-hybridized carbons (Fsp3) is 0.143. The van der Waals surface area contributed by atoms with E-state index in [1.165, 1.54) is 11.1 Å². The van der Waals surface area contributed by atoms with Crippen molar-refractivity contribution < 1.29 is 0 Å². The predicted molar refractivity (Wildman–Crippen MR) is 67.2 cm³/mol. The predicted octanol–water partition coefficient (Wildman–Crippen LogP) is 2.27. The lowest BCUT2D eigenvalue weighted by atomic mass is 9.78. The van der Waals surface area contributed by atoms with E-state index in [0.717, 1.165) is 0 Å². The molecule has 0 fully saturated rings. The highest BCUT2D eigenvalue weighted by Gasteiger charge is 2.40. The first-order valence-corrected chi connectivity index (χ1v) is 6.02. The van der Waals surface area contributed by atoms with Crippen LogP contribution >= 0.6 is 0 Å². The van der Waals surface area contributed by atoms with Gasteiger partial charge in [-0.2, -0.15) is 10.2 Å². The summed E-state index contributed by atoms with van der Waals surface area (Å²) in [5, 5.41) is 8.75. The summed E-state index contributed by atoms with van der Waals surface area (Å²) in [6.45, 7) is 0. The monoisotopic (exact) mass is 236 g/mol. The second-order valence-corrected chi connectivity index (χ2v) is 4.49. The van der Waals surface area contributed by atoms with E-state index in [-0.39, 0.29) is 12.1 Å². The molecule has 0 saturated carbocycles. The molecule has 2 atom stereocenters. The maximum Gasteiger partial charge on any atom is 0.104 e. The fourth-order valence-electron chi connectivity index (χ4n) is 2.76. The maximum absolute atomic E-state index is 4.37. The molecule has 88 valence electrons. The number of benzene rings is 1. The van der Waals surface area contributed by atoms with Crippen LogP contribution in [0, 0.1) is 0 Å². The van der Waals surface area contributed by atoms with Crippen LogP contribution in [0.4, 0.5) is 0 Å². The number of aromatic nitrogens is 4. The molecule has 1 aliphatic carbocycles. The molecule has 18 heavy (non-hydrogen) atoms. The smallest absolute Gasteiger partial charge is 0.104 e. The summed E-state index contributed by atoms with van der Waals surface area (Å²) in [5.41, 5.74) is 2.67. The van der Waals surface area contributed by atoms with Gasteiger partial charge in [0.15, 0.2) is 0 Å². The molecule has 0 aliphatic heterocycles. The van der Waals surface area contributed by atoms with E-state index in [1.54, 1.807) is 0 Å². The standard InChI is InChI=1S/C14H12N4/c1-2-6-12-11(5-1)13(17-9-3-7-15-17)14(12)18-10-4-8-16-18/h1-10,13-14H. The van der Waals surface area contributed by atoms with E-state index in [9.17, 15) is 0 Å². The van der Waals surface area contributed by atoms with Crippen LogP contribution < -0.4 is 0 Å². The minimum Gasteiger partial charge on any atom is -0.263 e. The summed E-state index contributed by atoms with van der Waals surface area (Å²) in [6.07, 6.45) is 7.66. The molecule has 2 aromatic heterocycles. The first kappa shape index (κ1) is 9.65. The molecule has 0 spiro atoms. The van der Waals surface area contributed by atoms with Gasteiger partial charge in [0, 0.05) is 24.8 Å². The van der Waals surface area contributed by atoms with Gasteiger partial charge in [-0.25, -0.2) is 0 Å². The van der Waals surface area contributed by atoms with E-state index < -0.39 is 0 Å². The van der Waals surface area contributed by atoms with Crippen LogP contribution in [-0.4, -0.2) is 19.6 Å². The highest BCUT2D eigenvalue weighted by atomic mass is 15.4. The molecule has 0 amide bonds. The van der Waals surface area contributed by atoms with Crippen molar-refractivity contribution in [3.05, 3.63) is 72.3 Å². The van der Waals surface area contributed by atoms with Gasteiger partial charge in [0.25, 0.3) is 0 Å². The first-order chi connectivity index (χ1) is 8.95. The highest BCUT2D eigenvalue weighted by molar-refractivity contribution is 5.44. The molecule has 3 aromatic rings. The zero-order valence-corrected chi connectivity index (χ0v) is 9.72. The van der Waals surface area contributed by atoms with E-state index in [4.69, 9.17) is 0 Å². The van der Waals surface area contributed by atoms with Crippen molar-refractivity contribution in [1.29, 1.82) is 0 Å². The average molecular weight is 236 g/mol. The molecule has 2 unspecified atom stereocenters. The summed E-state index contributed by atoms with van der Waals surface area (Å²) in [7, 11) is 0. The SMILES string of the molecule is c1ccc2c(c1)C(n1cccn1)C2n1cccn1. The summed E-state index contributed by atoms with van der Waals surface area (Å²) in [6, 6.07) is 12.9. The van der Waals surface area contributed by atoms with Crippen molar-refractivity contribution in [3.63, 3.8) is 0 Å². The normalized spacial score (nSPS) is 21.3. The number of rotatable bonds is 2. The molecule has 1 aliphatic rings. The Balaban J connectivity index is 1.86.